The lowest BCUT2D eigenvalue weighted by Gasteiger charge is -2.06. The molecule has 0 atom stereocenters. The number of benzene rings is 3. The van der Waals surface area contributed by atoms with E-state index in [2.05, 4.69) is 48.6 Å². The Hall–Kier alpha value is -3.26. The van der Waals surface area contributed by atoms with Crippen molar-refractivity contribution in [3.8, 4) is 11.1 Å². The van der Waals surface area contributed by atoms with Crippen molar-refractivity contribution in [2.75, 3.05) is 0 Å². The van der Waals surface area contributed by atoms with Crippen LogP contribution in [0.1, 0.15) is 18.2 Å². The van der Waals surface area contributed by atoms with Crippen LogP contribution in [0.3, 0.4) is 0 Å². The molecular weight excluding hydrogens is 320 g/mol. The molecule has 0 aliphatic rings. The molecule has 0 saturated carbocycles. The number of furan rings is 2. The van der Waals surface area contributed by atoms with E-state index in [9.17, 15) is 0 Å². The molecule has 2 nitrogen and oxygen atoms in total. The molecule has 0 aliphatic heterocycles. The fourth-order valence-corrected chi connectivity index (χ4v) is 3.88. The Morgan fingerprint density at radius 3 is 2.12 bits per heavy atom. The van der Waals surface area contributed by atoms with Crippen molar-refractivity contribution in [3.63, 3.8) is 0 Å². The largest absolute Gasteiger partial charge is 0.461 e. The van der Waals surface area contributed by atoms with Gasteiger partial charge < -0.3 is 8.83 Å². The van der Waals surface area contributed by atoms with Crippen LogP contribution < -0.4 is 0 Å². The molecule has 2 heteroatoms. The second-order valence-corrected chi connectivity index (χ2v) is 6.53. The summed E-state index contributed by atoms with van der Waals surface area (Å²) in [7, 11) is 0. The zero-order chi connectivity index (χ0) is 17.7. The molecule has 0 fully saturated rings. The van der Waals surface area contributed by atoms with Crippen molar-refractivity contribution >= 4 is 39.0 Å². The van der Waals surface area contributed by atoms with E-state index in [1.165, 1.54) is 11.1 Å². The molecule has 2 heterocycles. The van der Waals surface area contributed by atoms with Gasteiger partial charge in [0.25, 0.3) is 0 Å². The number of fused-ring (bicyclic) bond motifs is 4. The molecule has 5 rings (SSSR count). The standard InChI is InChI=1S/C24H18O2/c1-3-8-16-15(2)25-21-13-6-10-17(23(16)21)18-11-7-14-22-24(18)19-9-4-5-12-20(19)26-22/h3-14H,1-2H3/b8-3-. The zero-order valence-corrected chi connectivity index (χ0v) is 14.7. The molecule has 0 spiro atoms. The van der Waals surface area contributed by atoms with Crippen molar-refractivity contribution in [3.05, 3.63) is 78.1 Å². The van der Waals surface area contributed by atoms with Gasteiger partial charge in [0.1, 0.15) is 22.5 Å². The predicted octanol–water partition coefficient (Wildman–Crippen LogP) is 7.34. The van der Waals surface area contributed by atoms with Crippen LogP contribution in [0.2, 0.25) is 0 Å². The maximum absolute atomic E-state index is 6.07. The second-order valence-electron chi connectivity index (χ2n) is 6.53. The Morgan fingerprint density at radius 2 is 1.35 bits per heavy atom. The summed E-state index contributed by atoms with van der Waals surface area (Å²) < 4.78 is 12.1. The molecule has 0 radical (unpaired) electrons. The topological polar surface area (TPSA) is 26.3 Å². The van der Waals surface area contributed by atoms with Crippen molar-refractivity contribution < 1.29 is 8.83 Å². The molecule has 5 aromatic rings. The summed E-state index contributed by atoms with van der Waals surface area (Å²) in [6.07, 6.45) is 4.18. The van der Waals surface area contributed by atoms with E-state index in [1.807, 2.05) is 38.1 Å². The average molecular weight is 338 g/mol. The number of rotatable bonds is 2. The molecule has 126 valence electrons. The number of allylic oxidation sites excluding steroid dienone is 1. The number of hydrogen-bond acceptors (Lipinski definition) is 2. The fraction of sp³-hybridized carbons (Fsp3) is 0.0833. The molecule has 0 unspecified atom stereocenters. The Labute approximate surface area is 151 Å². The second kappa shape index (κ2) is 5.63. The fourth-order valence-electron chi connectivity index (χ4n) is 3.88. The first-order valence-electron chi connectivity index (χ1n) is 8.83. The van der Waals surface area contributed by atoms with Gasteiger partial charge in [0.05, 0.1) is 0 Å². The third-order valence-electron chi connectivity index (χ3n) is 4.96. The van der Waals surface area contributed by atoms with Gasteiger partial charge in [-0.25, -0.2) is 0 Å². The van der Waals surface area contributed by atoms with E-state index < -0.39 is 0 Å². The summed E-state index contributed by atoms with van der Waals surface area (Å²) in [6.45, 7) is 4.05. The van der Waals surface area contributed by atoms with E-state index in [1.54, 1.807) is 0 Å². The van der Waals surface area contributed by atoms with Gasteiger partial charge in [0.15, 0.2) is 0 Å². The lowest BCUT2D eigenvalue weighted by molar-refractivity contribution is 0.577. The monoisotopic (exact) mass is 338 g/mol. The van der Waals surface area contributed by atoms with Crippen LogP contribution >= 0.6 is 0 Å². The third-order valence-corrected chi connectivity index (χ3v) is 4.96. The van der Waals surface area contributed by atoms with Crippen molar-refractivity contribution in [2.24, 2.45) is 0 Å². The maximum atomic E-state index is 6.07. The van der Waals surface area contributed by atoms with Crippen LogP contribution in [-0.2, 0) is 0 Å². The minimum atomic E-state index is 0.911. The van der Waals surface area contributed by atoms with Crippen LogP contribution in [-0.4, -0.2) is 0 Å². The van der Waals surface area contributed by atoms with Gasteiger partial charge in [0, 0.05) is 21.7 Å². The minimum Gasteiger partial charge on any atom is -0.461 e. The molecule has 0 aliphatic carbocycles. The summed E-state index contributed by atoms with van der Waals surface area (Å²) in [5.74, 6) is 0.940. The highest BCUT2D eigenvalue weighted by Crippen LogP contribution is 2.41. The number of hydrogen-bond donors (Lipinski definition) is 0. The Kier molecular flexibility index (Phi) is 3.26. The van der Waals surface area contributed by atoms with Gasteiger partial charge >= 0.3 is 0 Å². The summed E-state index contributed by atoms with van der Waals surface area (Å²) in [5.41, 5.74) is 6.22. The highest BCUT2D eigenvalue weighted by Gasteiger charge is 2.17. The van der Waals surface area contributed by atoms with E-state index in [0.29, 0.717) is 0 Å². The third kappa shape index (κ3) is 2.05. The SMILES string of the molecule is C/C=C\c1c(C)oc2cccc(-c3cccc4oc5ccccc5c34)c12. The predicted molar refractivity (Wildman–Crippen MR) is 108 cm³/mol. The van der Waals surface area contributed by atoms with Gasteiger partial charge in [-0.1, -0.05) is 54.6 Å². The van der Waals surface area contributed by atoms with E-state index in [-0.39, 0.29) is 0 Å². The van der Waals surface area contributed by atoms with Gasteiger partial charge in [-0.15, -0.1) is 0 Å². The average Bonchev–Trinajstić information content (AvgIpc) is 3.19. The lowest BCUT2D eigenvalue weighted by atomic mass is 9.94. The summed E-state index contributed by atoms with van der Waals surface area (Å²) >= 11 is 0. The molecule has 0 saturated heterocycles. The van der Waals surface area contributed by atoms with Crippen LogP contribution in [0.4, 0.5) is 0 Å². The van der Waals surface area contributed by atoms with Gasteiger partial charge in [-0.3, -0.25) is 0 Å². The molecule has 2 aromatic heterocycles. The number of para-hydroxylation sites is 1. The number of aryl methyl sites for hydroxylation is 1. The summed E-state index contributed by atoms with van der Waals surface area (Å²) in [6, 6.07) is 20.7. The molecular formula is C24H18O2. The molecule has 3 aromatic carbocycles. The van der Waals surface area contributed by atoms with E-state index >= 15 is 0 Å². The first-order chi connectivity index (χ1) is 12.8. The van der Waals surface area contributed by atoms with Gasteiger partial charge in [0.2, 0.25) is 0 Å². The van der Waals surface area contributed by atoms with Crippen molar-refractivity contribution in [1.29, 1.82) is 0 Å². The van der Waals surface area contributed by atoms with Crippen LogP contribution in [0, 0.1) is 6.92 Å². The Bertz CT molecular complexity index is 1300. The lowest BCUT2D eigenvalue weighted by Crippen LogP contribution is -1.83. The van der Waals surface area contributed by atoms with E-state index in [0.717, 1.165) is 44.2 Å². The van der Waals surface area contributed by atoms with Crippen molar-refractivity contribution in [2.45, 2.75) is 13.8 Å². The highest BCUT2D eigenvalue weighted by atomic mass is 16.3. The smallest absolute Gasteiger partial charge is 0.136 e. The van der Waals surface area contributed by atoms with E-state index in [4.69, 9.17) is 8.83 Å². The van der Waals surface area contributed by atoms with Crippen LogP contribution in [0.25, 0.3) is 50.1 Å². The molecule has 0 amide bonds. The van der Waals surface area contributed by atoms with Crippen LogP contribution in [0.5, 0.6) is 0 Å². The molecule has 26 heavy (non-hydrogen) atoms. The van der Waals surface area contributed by atoms with Crippen molar-refractivity contribution in [1.82, 2.24) is 0 Å². The maximum Gasteiger partial charge on any atom is 0.136 e. The normalized spacial score (nSPS) is 12.1. The minimum absolute atomic E-state index is 0.911. The Balaban J connectivity index is 1.95. The quantitative estimate of drug-likeness (QED) is 0.336. The molecule has 0 N–H and O–H groups in total. The summed E-state index contributed by atoms with van der Waals surface area (Å²) in [5, 5.41) is 3.45. The van der Waals surface area contributed by atoms with Crippen LogP contribution in [0.15, 0.2) is 75.6 Å². The zero-order valence-electron chi connectivity index (χ0n) is 14.7. The Morgan fingerprint density at radius 1 is 0.692 bits per heavy atom. The molecule has 0 bridgehead atoms. The first kappa shape index (κ1) is 15.0. The summed E-state index contributed by atoms with van der Waals surface area (Å²) in [4.78, 5) is 0. The van der Waals surface area contributed by atoms with Gasteiger partial charge in [-0.05, 0) is 43.2 Å². The van der Waals surface area contributed by atoms with Gasteiger partial charge in [-0.2, -0.15) is 0 Å². The first-order valence-corrected chi connectivity index (χ1v) is 8.83. The highest BCUT2D eigenvalue weighted by molar-refractivity contribution is 6.15.